The molecule has 3 aliphatic rings. The standard InChI is InChI=1S/C20H28N8O/c1-2-8-27(7-1)19-21-5-3-17(23-19)25-9-11-26(12-10-25)18-4-6-22-20(24-18)28-13-15-29-16-14-28/h3-6H,1-2,7-16H2. The summed E-state index contributed by atoms with van der Waals surface area (Å²) in [7, 11) is 0. The van der Waals surface area contributed by atoms with Gasteiger partial charge in [0.05, 0.1) is 13.2 Å². The van der Waals surface area contributed by atoms with E-state index in [0.717, 1.165) is 89.1 Å². The second-order valence-corrected chi connectivity index (χ2v) is 7.70. The van der Waals surface area contributed by atoms with E-state index in [1.54, 1.807) is 0 Å². The van der Waals surface area contributed by atoms with Crippen LogP contribution >= 0.6 is 0 Å². The van der Waals surface area contributed by atoms with E-state index in [9.17, 15) is 0 Å². The molecule has 0 aromatic carbocycles. The highest BCUT2D eigenvalue weighted by Gasteiger charge is 2.22. The molecule has 0 N–H and O–H groups in total. The lowest BCUT2D eigenvalue weighted by atomic mass is 10.3. The average molecular weight is 396 g/mol. The van der Waals surface area contributed by atoms with E-state index in [1.165, 1.54) is 12.8 Å². The Hall–Kier alpha value is -2.68. The Kier molecular flexibility index (Phi) is 5.29. The zero-order valence-electron chi connectivity index (χ0n) is 16.8. The summed E-state index contributed by atoms with van der Waals surface area (Å²) in [6, 6.07) is 4.03. The van der Waals surface area contributed by atoms with Crippen LogP contribution in [0.5, 0.6) is 0 Å². The molecule has 2 aromatic heterocycles. The smallest absolute Gasteiger partial charge is 0.227 e. The number of piperazine rings is 1. The topological polar surface area (TPSA) is 73.8 Å². The Morgan fingerprint density at radius 1 is 0.586 bits per heavy atom. The monoisotopic (exact) mass is 396 g/mol. The zero-order chi connectivity index (χ0) is 19.5. The van der Waals surface area contributed by atoms with Crippen molar-refractivity contribution in [1.29, 1.82) is 0 Å². The van der Waals surface area contributed by atoms with E-state index in [2.05, 4.69) is 29.6 Å². The second-order valence-electron chi connectivity index (χ2n) is 7.70. The van der Waals surface area contributed by atoms with Gasteiger partial charge in [0.25, 0.3) is 0 Å². The number of morpholine rings is 1. The summed E-state index contributed by atoms with van der Waals surface area (Å²) in [5.74, 6) is 3.70. The van der Waals surface area contributed by atoms with Gasteiger partial charge in [-0.15, -0.1) is 0 Å². The Bertz CT molecular complexity index is 814. The zero-order valence-corrected chi connectivity index (χ0v) is 16.8. The van der Waals surface area contributed by atoms with Gasteiger partial charge in [-0.2, -0.15) is 9.97 Å². The molecule has 2 aromatic rings. The van der Waals surface area contributed by atoms with E-state index < -0.39 is 0 Å². The molecule has 0 radical (unpaired) electrons. The van der Waals surface area contributed by atoms with Crippen molar-refractivity contribution < 1.29 is 4.74 Å². The molecule has 154 valence electrons. The van der Waals surface area contributed by atoms with Crippen LogP contribution in [-0.4, -0.2) is 85.5 Å². The van der Waals surface area contributed by atoms with E-state index >= 15 is 0 Å². The van der Waals surface area contributed by atoms with Crippen molar-refractivity contribution in [1.82, 2.24) is 19.9 Å². The van der Waals surface area contributed by atoms with Crippen molar-refractivity contribution in [2.75, 3.05) is 85.2 Å². The van der Waals surface area contributed by atoms with Gasteiger partial charge in [0.1, 0.15) is 11.6 Å². The van der Waals surface area contributed by atoms with Gasteiger partial charge in [0.15, 0.2) is 0 Å². The van der Waals surface area contributed by atoms with Crippen molar-refractivity contribution in [2.24, 2.45) is 0 Å². The predicted octanol–water partition coefficient (Wildman–Crippen LogP) is 1.03. The molecule has 0 saturated carbocycles. The van der Waals surface area contributed by atoms with Gasteiger partial charge >= 0.3 is 0 Å². The highest BCUT2D eigenvalue weighted by atomic mass is 16.5. The molecule has 0 atom stereocenters. The van der Waals surface area contributed by atoms with Crippen molar-refractivity contribution in [3.05, 3.63) is 24.5 Å². The molecule has 0 amide bonds. The Labute approximate surface area is 171 Å². The summed E-state index contributed by atoms with van der Waals surface area (Å²) in [5, 5.41) is 0. The molecular weight excluding hydrogens is 368 g/mol. The van der Waals surface area contributed by atoms with Crippen LogP contribution in [0.1, 0.15) is 12.8 Å². The van der Waals surface area contributed by atoms with Crippen LogP contribution in [0.4, 0.5) is 23.5 Å². The molecule has 3 fully saturated rings. The van der Waals surface area contributed by atoms with E-state index in [0.29, 0.717) is 0 Å². The third kappa shape index (κ3) is 4.05. The fraction of sp³-hybridized carbons (Fsp3) is 0.600. The highest BCUT2D eigenvalue weighted by molar-refractivity contribution is 5.49. The largest absolute Gasteiger partial charge is 0.378 e. The van der Waals surface area contributed by atoms with Gasteiger partial charge in [0, 0.05) is 64.8 Å². The fourth-order valence-corrected chi connectivity index (χ4v) is 4.18. The summed E-state index contributed by atoms with van der Waals surface area (Å²) in [6.07, 6.45) is 6.23. The molecule has 5 heterocycles. The van der Waals surface area contributed by atoms with E-state index in [-0.39, 0.29) is 0 Å². The van der Waals surface area contributed by atoms with Crippen molar-refractivity contribution >= 4 is 23.5 Å². The van der Waals surface area contributed by atoms with Crippen LogP contribution in [0.15, 0.2) is 24.5 Å². The normalized spacial score (nSPS) is 20.4. The first-order chi connectivity index (χ1) is 14.4. The maximum atomic E-state index is 5.44. The number of hydrogen-bond acceptors (Lipinski definition) is 9. The minimum Gasteiger partial charge on any atom is -0.378 e. The number of ether oxygens (including phenoxy) is 1. The summed E-state index contributed by atoms with van der Waals surface area (Å²) in [4.78, 5) is 27.8. The van der Waals surface area contributed by atoms with Crippen molar-refractivity contribution in [3.63, 3.8) is 0 Å². The first-order valence-corrected chi connectivity index (χ1v) is 10.6. The lowest BCUT2D eigenvalue weighted by Crippen LogP contribution is -2.47. The maximum Gasteiger partial charge on any atom is 0.227 e. The minimum absolute atomic E-state index is 0.741. The Morgan fingerprint density at radius 3 is 1.59 bits per heavy atom. The number of nitrogens with zero attached hydrogens (tertiary/aromatic N) is 8. The fourth-order valence-electron chi connectivity index (χ4n) is 4.18. The van der Waals surface area contributed by atoms with E-state index in [4.69, 9.17) is 14.7 Å². The minimum atomic E-state index is 0.741. The van der Waals surface area contributed by atoms with Gasteiger partial charge in [-0.25, -0.2) is 9.97 Å². The molecule has 0 bridgehead atoms. The van der Waals surface area contributed by atoms with Crippen molar-refractivity contribution in [2.45, 2.75) is 12.8 Å². The lowest BCUT2D eigenvalue weighted by Gasteiger charge is -2.36. The van der Waals surface area contributed by atoms with Crippen LogP contribution in [-0.2, 0) is 4.74 Å². The number of hydrogen-bond donors (Lipinski definition) is 0. The van der Waals surface area contributed by atoms with Crippen LogP contribution in [0, 0.1) is 0 Å². The highest BCUT2D eigenvalue weighted by Crippen LogP contribution is 2.22. The second kappa shape index (κ2) is 8.36. The van der Waals surface area contributed by atoms with Crippen LogP contribution in [0.2, 0.25) is 0 Å². The van der Waals surface area contributed by atoms with Crippen LogP contribution in [0.3, 0.4) is 0 Å². The molecule has 0 aliphatic carbocycles. The molecule has 29 heavy (non-hydrogen) atoms. The number of aromatic nitrogens is 4. The van der Waals surface area contributed by atoms with Gasteiger partial charge < -0.3 is 24.3 Å². The lowest BCUT2D eigenvalue weighted by molar-refractivity contribution is 0.122. The predicted molar refractivity (Wildman–Crippen MR) is 113 cm³/mol. The summed E-state index contributed by atoms with van der Waals surface area (Å²) < 4.78 is 5.44. The van der Waals surface area contributed by atoms with E-state index in [1.807, 2.05) is 24.5 Å². The number of rotatable bonds is 4. The maximum absolute atomic E-state index is 5.44. The third-order valence-electron chi connectivity index (χ3n) is 5.87. The Morgan fingerprint density at radius 2 is 1.07 bits per heavy atom. The summed E-state index contributed by atoms with van der Waals surface area (Å²) >= 11 is 0. The van der Waals surface area contributed by atoms with Gasteiger partial charge in [0.2, 0.25) is 11.9 Å². The molecule has 5 rings (SSSR count). The molecule has 9 nitrogen and oxygen atoms in total. The third-order valence-corrected chi connectivity index (χ3v) is 5.87. The van der Waals surface area contributed by atoms with Crippen molar-refractivity contribution in [3.8, 4) is 0 Å². The van der Waals surface area contributed by atoms with Gasteiger partial charge in [-0.1, -0.05) is 0 Å². The first kappa shape index (κ1) is 18.4. The van der Waals surface area contributed by atoms with Gasteiger partial charge in [-0.05, 0) is 25.0 Å². The quantitative estimate of drug-likeness (QED) is 0.753. The molecular formula is C20H28N8O. The summed E-state index contributed by atoms with van der Waals surface area (Å²) in [6.45, 7) is 9.00. The Balaban J connectivity index is 1.23. The molecule has 9 heteroatoms. The molecule has 3 aliphatic heterocycles. The first-order valence-electron chi connectivity index (χ1n) is 10.6. The van der Waals surface area contributed by atoms with Crippen LogP contribution < -0.4 is 19.6 Å². The van der Waals surface area contributed by atoms with Gasteiger partial charge in [-0.3, -0.25) is 0 Å². The summed E-state index contributed by atoms with van der Waals surface area (Å²) in [5.41, 5.74) is 0. The molecule has 0 unspecified atom stereocenters. The number of anilines is 4. The average Bonchev–Trinajstić information content (AvgIpc) is 3.35. The SMILES string of the molecule is c1cc(N2CCN(c3ccnc(N4CCOCC4)n3)CC2)nc(N2CCCC2)n1. The molecule has 3 saturated heterocycles. The molecule has 0 spiro atoms. The van der Waals surface area contributed by atoms with Crippen LogP contribution in [0.25, 0.3) is 0 Å².